The van der Waals surface area contributed by atoms with Crippen LogP contribution in [-0.2, 0) is 11.3 Å². The minimum Gasteiger partial charge on any atom is -0.483 e. The number of aromatic nitrogens is 3. The van der Waals surface area contributed by atoms with Crippen LogP contribution in [0.1, 0.15) is 32.7 Å². The number of carbonyl (C=O) groups excluding carboxylic acids is 1. The molecule has 0 saturated heterocycles. The molecule has 2 aromatic carbocycles. The van der Waals surface area contributed by atoms with Crippen LogP contribution >= 0.6 is 11.8 Å². The van der Waals surface area contributed by atoms with E-state index in [4.69, 9.17) is 4.74 Å². The van der Waals surface area contributed by atoms with Crippen molar-refractivity contribution in [2.24, 2.45) is 0 Å². The molecule has 0 saturated carbocycles. The number of para-hydroxylation sites is 2. The largest absolute Gasteiger partial charge is 0.483 e. The number of hydrogen-bond acceptors (Lipinski definition) is 5. The van der Waals surface area contributed by atoms with Crippen LogP contribution in [0.2, 0.25) is 0 Å². The summed E-state index contributed by atoms with van der Waals surface area (Å²) in [6, 6.07) is 19.4. The van der Waals surface area contributed by atoms with Gasteiger partial charge in [-0.1, -0.05) is 54.2 Å². The summed E-state index contributed by atoms with van der Waals surface area (Å²) in [5.41, 5.74) is 0.890. The average molecular weight is 437 g/mol. The summed E-state index contributed by atoms with van der Waals surface area (Å²) in [7, 11) is 0. The summed E-state index contributed by atoms with van der Waals surface area (Å²) in [6.07, 6.45) is 1.50. The van der Waals surface area contributed by atoms with Crippen LogP contribution in [0.15, 0.2) is 78.5 Å². The Labute approximate surface area is 187 Å². The maximum atomic E-state index is 13.0. The molecule has 3 rings (SSSR count). The minimum atomic E-state index is -0.295. The zero-order valence-electron chi connectivity index (χ0n) is 18.1. The molecule has 6 nitrogen and oxygen atoms in total. The van der Waals surface area contributed by atoms with E-state index in [9.17, 15) is 4.79 Å². The lowest BCUT2D eigenvalue weighted by Crippen LogP contribution is -2.38. The van der Waals surface area contributed by atoms with Gasteiger partial charge in [0.25, 0.3) is 0 Å². The Balaban J connectivity index is 1.74. The summed E-state index contributed by atoms with van der Waals surface area (Å²) >= 11 is 1.37. The van der Waals surface area contributed by atoms with E-state index in [0.29, 0.717) is 17.5 Å². The van der Waals surface area contributed by atoms with Crippen molar-refractivity contribution in [3.63, 3.8) is 0 Å². The smallest absolute Gasteiger partial charge is 0.237 e. The van der Waals surface area contributed by atoms with Crippen molar-refractivity contribution in [2.45, 2.75) is 44.6 Å². The third-order valence-corrected chi connectivity index (χ3v) is 5.57. The van der Waals surface area contributed by atoms with Crippen molar-refractivity contribution in [2.75, 3.05) is 10.7 Å². The molecule has 3 aromatic rings. The van der Waals surface area contributed by atoms with Crippen LogP contribution in [0.25, 0.3) is 0 Å². The highest BCUT2D eigenvalue weighted by molar-refractivity contribution is 7.99. The fourth-order valence-electron chi connectivity index (χ4n) is 3.28. The van der Waals surface area contributed by atoms with E-state index in [1.54, 1.807) is 6.08 Å². The molecule has 1 heterocycles. The van der Waals surface area contributed by atoms with E-state index < -0.39 is 0 Å². The lowest BCUT2D eigenvalue weighted by Gasteiger charge is -2.26. The Bertz CT molecular complexity index is 989. The first-order valence-corrected chi connectivity index (χ1v) is 11.3. The van der Waals surface area contributed by atoms with Crippen LogP contribution in [0, 0.1) is 0 Å². The van der Waals surface area contributed by atoms with Gasteiger partial charge in [0.2, 0.25) is 5.91 Å². The molecule has 0 N–H and O–H groups in total. The molecule has 0 unspecified atom stereocenters. The second kappa shape index (κ2) is 10.8. The highest BCUT2D eigenvalue weighted by Gasteiger charge is 2.23. The number of carbonyl (C=O) groups is 1. The van der Waals surface area contributed by atoms with Crippen molar-refractivity contribution in [3.8, 4) is 5.75 Å². The molecule has 0 spiro atoms. The molecule has 0 radical (unpaired) electrons. The van der Waals surface area contributed by atoms with E-state index in [2.05, 4.69) is 16.8 Å². The molecule has 0 aliphatic heterocycles. The van der Waals surface area contributed by atoms with Gasteiger partial charge in [-0.05, 0) is 45.0 Å². The van der Waals surface area contributed by atoms with Gasteiger partial charge < -0.3 is 9.64 Å². The summed E-state index contributed by atoms with van der Waals surface area (Å²) in [5.74, 6) is 1.75. The second-order valence-electron chi connectivity index (χ2n) is 7.29. The minimum absolute atomic E-state index is 0.0227. The van der Waals surface area contributed by atoms with Gasteiger partial charge >= 0.3 is 0 Å². The average Bonchev–Trinajstić information content (AvgIpc) is 3.16. The number of amides is 1. The summed E-state index contributed by atoms with van der Waals surface area (Å²) < 4.78 is 7.96. The summed E-state index contributed by atoms with van der Waals surface area (Å²) in [5, 5.41) is 9.34. The Hall–Kier alpha value is -3.06. The van der Waals surface area contributed by atoms with Gasteiger partial charge in [-0.25, -0.2) is 0 Å². The standard InChI is InChI=1S/C24H28N4O2S/c1-5-16-27-23(19(4)30-21-14-10-7-11-15-21)25-26-24(27)31-17-22(29)28(18(2)3)20-12-8-6-9-13-20/h5-15,18-19H,1,16-17H2,2-4H3/t19-/m0/s1. The zero-order chi connectivity index (χ0) is 22.2. The maximum absolute atomic E-state index is 13.0. The molecule has 0 fully saturated rings. The first-order chi connectivity index (χ1) is 15.0. The Morgan fingerprint density at radius 1 is 1.10 bits per heavy atom. The summed E-state index contributed by atoms with van der Waals surface area (Å²) in [4.78, 5) is 14.8. The zero-order valence-corrected chi connectivity index (χ0v) is 19.0. The quantitative estimate of drug-likeness (QED) is 0.325. The normalized spacial score (nSPS) is 11.9. The molecule has 31 heavy (non-hydrogen) atoms. The van der Waals surface area contributed by atoms with Gasteiger partial charge in [-0.15, -0.1) is 16.8 Å². The number of nitrogens with zero attached hydrogens (tertiary/aromatic N) is 4. The first kappa shape index (κ1) is 22.6. The van der Waals surface area contributed by atoms with Crippen LogP contribution in [0.4, 0.5) is 5.69 Å². The van der Waals surface area contributed by atoms with Crippen LogP contribution < -0.4 is 9.64 Å². The number of rotatable bonds is 10. The van der Waals surface area contributed by atoms with Crippen molar-refractivity contribution in [1.82, 2.24) is 14.8 Å². The van der Waals surface area contributed by atoms with Gasteiger partial charge in [0.1, 0.15) is 5.75 Å². The second-order valence-corrected chi connectivity index (χ2v) is 8.24. The molecule has 1 atom stereocenters. The molecule has 0 aliphatic carbocycles. The molecule has 0 bridgehead atoms. The Kier molecular flexibility index (Phi) is 7.89. The lowest BCUT2D eigenvalue weighted by atomic mass is 10.2. The maximum Gasteiger partial charge on any atom is 0.237 e. The topological polar surface area (TPSA) is 60.2 Å². The molecular formula is C24H28N4O2S. The van der Waals surface area contributed by atoms with E-state index in [0.717, 1.165) is 11.4 Å². The van der Waals surface area contributed by atoms with Gasteiger partial charge in [0.15, 0.2) is 17.1 Å². The van der Waals surface area contributed by atoms with Gasteiger partial charge in [-0.2, -0.15) is 0 Å². The van der Waals surface area contributed by atoms with E-state index in [1.165, 1.54) is 11.8 Å². The third-order valence-electron chi connectivity index (χ3n) is 4.62. The van der Waals surface area contributed by atoms with Crippen LogP contribution in [-0.4, -0.2) is 32.5 Å². The fourth-order valence-corrected chi connectivity index (χ4v) is 4.09. The van der Waals surface area contributed by atoms with E-state index in [-0.39, 0.29) is 23.8 Å². The number of allylic oxidation sites excluding steroid dienone is 1. The Morgan fingerprint density at radius 2 is 1.74 bits per heavy atom. The Morgan fingerprint density at radius 3 is 2.35 bits per heavy atom. The van der Waals surface area contributed by atoms with Crippen molar-refractivity contribution in [3.05, 3.63) is 79.1 Å². The van der Waals surface area contributed by atoms with Crippen molar-refractivity contribution < 1.29 is 9.53 Å². The van der Waals surface area contributed by atoms with Crippen molar-refractivity contribution >= 4 is 23.4 Å². The summed E-state index contributed by atoms with van der Waals surface area (Å²) in [6.45, 7) is 10.3. The predicted molar refractivity (Wildman–Crippen MR) is 125 cm³/mol. The molecule has 1 amide bonds. The number of ether oxygens (including phenoxy) is 1. The van der Waals surface area contributed by atoms with Gasteiger partial charge in [0, 0.05) is 18.3 Å². The van der Waals surface area contributed by atoms with Gasteiger partial charge in [0.05, 0.1) is 5.75 Å². The fraction of sp³-hybridized carbons (Fsp3) is 0.292. The van der Waals surface area contributed by atoms with Crippen molar-refractivity contribution in [1.29, 1.82) is 0 Å². The SMILES string of the molecule is C=CCn1c(SCC(=O)N(c2ccccc2)C(C)C)nnc1[C@H](C)Oc1ccccc1. The number of hydrogen-bond donors (Lipinski definition) is 0. The molecular weight excluding hydrogens is 408 g/mol. The number of anilines is 1. The highest BCUT2D eigenvalue weighted by atomic mass is 32.2. The first-order valence-electron chi connectivity index (χ1n) is 10.3. The molecule has 162 valence electrons. The van der Waals surface area contributed by atoms with E-state index in [1.807, 2.05) is 90.9 Å². The van der Waals surface area contributed by atoms with Crippen LogP contribution in [0.5, 0.6) is 5.75 Å². The van der Waals surface area contributed by atoms with Gasteiger partial charge in [-0.3, -0.25) is 9.36 Å². The molecule has 1 aromatic heterocycles. The van der Waals surface area contributed by atoms with Crippen LogP contribution in [0.3, 0.4) is 0 Å². The molecule has 0 aliphatic rings. The monoisotopic (exact) mass is 436 g/mol. The lowest BCUT2D eigenvalue weighted by molar-refractivity contribution is -0.116. The van der Waals surface area contributed by atoms with E-state index >= 15 is 0 Å². The number of benzene rings is 2. The highest BCUT2D eigenvalue weighted by Crippen LogP contribution is 2.26. The third kappa shape index (κ3) is 5.76. The number of thioether (sulfide) groups is 1. The predicted octanol–water partition coefficient (Wildman–Crippen LogP) is 5.14. The molecule has 7 heteroatoms.